The molecule has 2 heterocycles. The molecule has 0 spiro atoms. The number of benzene rings is 4. The van der Waals surface area contributed by atoms with Crippen molar-refractivity contribution in [2.75, 3.05) is 32.8 Å². The summed E-state index contributed by atoms with van der Waals surface area (Å²) in [6.45, 7) is 2.83. The third kappa shape index (κ3) is 7.57. The Labute approximate surface area is 266 Å². The van der Waals surface area contributed by atoms with Crippen LogP contribution in [0.1, 0.15) is 23.3 Å². The first-order valence-corrected chi connectivity index (χ1v) is 15.2. The summed E-state index contributed by atoms with van der Waals surface area (Å²) in [5.41, 5.74) is 1.45. The lowest BCUT2D eigenvalue weighted by Gasteiger charge is -2.30. The van der Waals surface area contributed by atoms with E-state index in [0.29, 0.717) is 38.6 Å². The van der Waals surface area contributed by atoms with Gasteiger partial charge >= 0.3 is 5.97 Å². The number of halogens is 2. The van der Waals surface area contributed by atoms with Crippen LogP contribution in [0.2, 0.25) is 10.0 Å². The minimum absolute atomic E-state index is 0.0102. The van der Waals surface area contributed by atoms with Crippen molar-refractivity contribution in [3.8, 4) is 23.0 Å². The van der Waals surface area contributed by atoms with Crippen molar-refractivity contribution in [2.24, 2.45) is 0 Å². The molecule has 4 aromatic carbocycles. The molecular formula is C34H32Cl2N2O6. The molecule has 2 saturated heterocycles. The molecule has 10 heteroatoms. The fourth-order valence-corrected chi connectivity index (χ4v) is 4.98. The Morgan fingerprint density at radius 2 is 1.16 bits per heavy atom. The Hall–Kier alpha value is -3.95. The van der Waals surface area contributed by atoms with Gasteiger partial charge < -0.3 is 34.3 Å². The maximum absolute atomic E-state index is 13.8. The van der Waals surface area contributed by atoms with Crippen LogP contribution in [0.25, 0.3) is 0 Å². The highest BCUT2D eigenvalue weighted by Crippen LogP contribution is 2.37. The van der Waals surface area contributed by atoms with Gasteiger partial charge in [0.05, 0.1) is 0 Å². The van der Waals surface area contributed by atoms with Crippen molar-refractivity contribution in [3.05, 3.63) is 118 Å². The fraction of sp³-hybridized carbons (Fsp3) is 0.265. The van der Waals surface area contributed by atoms with Crippen LogP contribution in [0.15, 0.2) is 97.1 Å². The maximum Gasteiger partial charge on any atom is 0.352 e. The third-order valence-electron chi connectivity index (χ3n) is 7.27. The predicted octanol–water partition coefficient (Wildman–Crippen LogP) is 6.18. The first-order valence-electron chi connectivity index (χ1n) is 14.5. The van der Waals surface area contributed by atoms with E-state index >= 15 is 0 Å². The molecule has 0 amide bonds. The van der Waals surface area contributed by atoms with Crippen molar-refractivity contribution in [2.45, 2.75) is 24.4 Å². The summed E-state index contributed by atoms with van der Waals surface area (Å²) in [4.78, 5) is 13.8. The standard InChI is InChI=1S/C34H32Cl2N2O6/c35-24-11-13-28(30(15-24)41-26-17-37-18-26)43-32(22-7-3-1-4-8-22)21-40-34(39)33(23-9-5-2-6-10-23)44-29-14-12-25(36)16-31(29)42-27-19-38-20-27/h1-16,26-27,32-33,37-38H,17-21H2. The largest absolute Gasteiger partial charge is 0.484 e. The van der Waals surface area contributed by atoms with Crippen molar-refractivity contribution in [3.63, 3.8) is 0 Å². The number of carbonyl (C=O) groups is 1. The van der Waals surface area contributed by atoms with Gasteiger partial charge in [-0.15, -0.1) is 0 Å². The molecule has 8 nitrogen and oxygen atoms in total. The number of ether oxygens (including phenoxy) is 5. The van der Waals surface area contributed by atoms with Crippen LogP contribution >= 0.6 is 23.2 Å². The molecule has 2 N–H and O–H groups in total. The van der Waals surface area contributed by atoms with E-state index in [1.54, 1.807) is 36.4 Å². The Bertz CT molecular complexity index is 1550. The Morgan fingerprint density at radius 3 is 1.66 bits per heavy atom. The van der Waals surface area contributed by atoms with Gasteiger partial charge in [0.2, 0.25) is 6.10 Å². The molecule has 44 heavy (non-hydrogen) atoms. The van der Waals surface area contributed by atoms with Gasteiger partial charge in [-0.3, -0.25) is 0 Å². The maximum atomic E-state index is 13.8. The predicted molar refractivity (Wildman–Crippen MR) is 168 cm³/mol. The van der Waals surface area contributed by atoms with Crippen LogP contribution in [0.3, 0.4) is 0 Å². The summed E-state index contributed by atoms with van der Waals surface area (Å²) < 4.78 is 30.9. The van der Waals surface area contributed by atoms with E-state index in [1.165, 1.54) is 0 Å². The molecule has 2 atom stereocenters. The van der Waals surface area contributed by atoms with E-state index in [9.17, 15) is 4.79 Å². The highest BCUT2D eigenvalue weighted by Gasteiger charge is 2.29. The van der Waals surface area contributed by atoms with Crippen LogP contribution < -0.4 is 29.6 Å². The van der Waals surface area contributed by atoms with E-state index in [-0.39, 0.29) is 18.8 Å². The average Bonchev–Trinajstić information content (AvgIpc) is 3.00. The highest BCUT2D eigenvalue weighted by molar-refractivity contribution is 6.31. The molecule has 0 radical (unpaired) electrons. The van der Waals surface area contributed by atoms with Crippen LogP contribution in [-0.4, -0.2) is 51.0 Å². The Kier molecular flexibility index (Phi) is 9.73. The SMILES string of the molecule is O=C(OCC(Oc1ccc(Cl)cc1OC1CNC1)c1ccccc1)C(Oc1ccc(Cl)cc1OC1CNC1)c1ccccc1. The molecule has 0 aromatic heterocycles. The van der Waals surface area contributed by atoms with Crippen LogP contribution in [0, 0.1) is 0 Å². The molecule has 2 aliphatic rings. The summed E-state index contributed by atoms with van der Waals surface area (Å²) in [5, 5.41) is 7.40. The van der Waals surface area contributed by atoms with Gasteiger partial charge in [-0.25, -0.2) is 4.79 Å². The van der Waals surface area contributed by atoms with E-state index in [2.05, 4.69) is 10.6 Å². The molecular weight excluding hydrogens is 603 g/mol. The Balaban J connectivity index is 1.23. The second-order valence-corrected chi connectivity index (χ2v) is 11.4. The van der Waals surface area contributed by atoms with Gasteiger partial charge in [0.15, 0.2) is 29.1 Å². The lowest BCUT2D eigenvalue weighted by molar-refractivity contribution is -0.155. The van der Waals surface area contributed by atoms with Gasteiger partial charge in [0.25, 0.3) is 0 Å². The van der Waals surface area contributed by atoms with E-state index in [1.807, 2.05) is 60.7 Å². The van der Waals surface area contributed by atoms with Crippen molar-refractivity contribution < 1.29 is 28.5 Å². The lowest BCUT2D eigenvalue weighted by atomic mass is 10.1. The van der Waals surface area contributed by atoms with E-state index in [4.69, 9.17) is 46.9 Å². The molecule has 2 fully saturated rings. The minimum Gasteiger partial charge on any atom is -0.484 e. The zero-order valence-corrected chi connectivity index (χ0v) is 25.3. The van der Waals surface area contributed by atoms with E-state index in [0.717, 1.165) is 31.7 Å². The number of carbonyl (C=O) groups excluding carboxylic acids is 1. The Morgan fingerprint density at radius 1 is 0.659 bits per heavy atom. The summed E-state index contributed by atoms with van der Waals surface area (Å²) in [7, 11) is 0. The molecule has 2 aliphatic heterocycles. The van der Waals surface area contributed by atoms with Crippen LogP contribution in [-0.2, 0) is 9.53 Å². The molecule has 228 valence electrons. The van der Waals surface area contributed by atoms with Gasteiger partial charge in [-0.1, -0.05) is 83.9 Å². The van der Waals surface area contributed by atoms with Gasteiger partial charge in [-0.2, -0.15) is 0 Å². The number of nitrogens with one attached hydrogen (secondary N) is 2. The summed E-state index contributed by atoms with van der Waals surface area (Å²) in [5.74, 6) is 1.28. The second kappa shape index (κ2) is 14.2. The molecule has 0 aliphatic carbocycles. The van der Waals surface area contributed by atoms with Gasteiger partial charge in [0, 0.05) is 53.9 Å². The molecule has 0 bridgehead atoms. The second-order valence-electron chi connectivity index (χ2n) is 10.5. The first-order chi connectivity index (χ1) is 21.5. The monoisotopic (exact) mass is 634 g/mol. The molecule has 4 aromatic rings. The third-order valence-corrected chi connectivity index (χ3v) is 7.74. The molecule has 2 unspecified atom stereocenters. The number of hydrogen-bond acceptors (Lipinski definition) is 8. The summed E-state index contributed by atoms with van der Waals surface area (Å²) >= 11 is 12.6. The lowest BCUT2D eigenvalue weighted by Crippen LogP contribution is -2.50. The van der Waals surface area contributed by atoms with Gasteiger partial charge in [0.1, 0.15) is 18.8 Å². The first kappa shape index (κ1) is 30.1. The normalized spacial score (nSPS) is 16.1. The van der Waals surface area contributed by atoms with Crippen molar-refractivity contribution in [1.82, 2.24) is 10.6 Å². The molecule has 6 rings (SSSR count). The quantitative estimate of drug-likeness (QED) is 0.169. The number of rotatable bonds is 13. The van der Waals surface area contributed by atoms with E-state index < -0.39 is 18.2 Å². The topological polar surface area (TPSA) is 87.3 Å². The zero-order chi connectivity index (χ0) is 30.3. The highest BCUT2D eigenvalue weighted by atomic mass is 35.5. The van der Waals surface area contributed by atoms with Crippen molar-refractivity contribution in [1.29, 1.82) is 0 Å². The van der Waals surface area contributed by atoms with Crippen molar-refractivity contribution >= 4 is 29.2 Å². The summed E-state index contributed by atoms with van der Waals surface area (Å²) in [6, 6.07) is 29.1. The smallest absolute Gasteiger partial charge is 0.352 e. The zero-order valence-electron chi connectivity index (χ0n) is 23.8. The van der Waals surface area contributed by atoms with Gasteiger partial charge in [-0.05, 0) is 29.8 Å². The number of esters is 1. The van der Waals surface area contributed by atoms with Crippen LogP contribution in [0.4, 0.5) is 0 Å². The average molecular weight is 636 g/mol. The molecule has 0 saturated carbocycles. The minimum atomic E-state index is -1.07. The number of hydrogen-bond donors (Lipinski definition) is 2. The van der Waals surface area contributed by atoms with Crippen LogP contribution in [0.5, 0.6) is 23.0 Å². The summed E-state index contributed by atoms with van der Waals surface area (Å²) in [6.07, 6.45) is -1.70. The fourth-order valence-electron chi connectivity index (χ4n) is 4.65.